The van der Waals surface area contributed by atoms with Crippen molar-refractivity contribution < 1.29 is 39.4 Å². The lowest BCUT2D eigenvalue weighted by Crippen LogP contribution is -2.16. The van der Waals surface area contributed by atoms with Gasteiger partial charge in [-0.15, -0.1) is 5.10 Å². The zero-order valence-corrected chi connectivity index (χ0v) is 50.8. The number of carbonyl (C=O) groups is 5. The van der Waals surface area contributed by atoms with Gasteiger partial charge in [0.15, 0.2) is 17.9 Å². The standard InChI is InChI=1S/C13H11N3O2.C12H11NO2.C11H8BrN3O.C11H9N3O.C11H11NO.CH3F.Cl3OP/c1-6-3-8-11-9(5-14-16-13(8)18)12(7(2)17)15-10(11)4-6;1-7-3-10(8(2)15)12-9(6-14)5-13-11(12)4-7;1-5-2-6-9-7(4-13-15-11(6)16)10(12)14-8(9)3-5;1-6-2-8-10-7(4-12-9(10)3-6)5-13-14-11(8)15;1-7-5-10(8(2)13)9-3-4-12-11(9)6-7;1-2;1-5(2,3)4/h3-5,15,17H,1-2H3;3-6,13H,1-2H3;2-4,14H,1H3,(H,15,16);2-5,12H,1H3,(H,14,15);3-6,12H,1-2H3;1H3;/i;;;;;1D;. The molecule has 0 fully saturated rings. The Labute approximate surface area is 501 Å². The minimum atomic E-state index is -3.22. The third kappa shape index (κ3) is 14.4. The van der Waals surface area contributed by atoms with Crippen LogP contribution in [0.1, 0.15) is 113 Å². The largest absolute Gasteiger partial charge is 0.510 e. The van der Waals surface area contributed by atoms with Crippen LogP contribution in [-0.4, -0.2) is 89.5 Å². The van der Waals surface area contributed by atoms with Gasteiger partial charge in [-0.2, -0.15) is 15.3 Å². The number of Topliss-reactive ketones (excluding diaryl/α,β-unsaturated/α-hetero) is 2. The Morgan fingerprint density at radius 2 is 1.17 bits per heavy atom. The molecule has 0 bridgehead atoms. The van der Waals surface area contributed by atoms with Crippen LogP contribution in [0.5, 0.6) is 0 Å². The van der Waals surface area contributed by atoms with Gasteiger partial charge in [0.25, 0.3) is 17.4 Å². The van der Waals surface area contributed by atoms with E-state index in [4.69, 9.17) is 1.37 Å². The molecule has 13 rings (SSSR count). The molecule has 11 aromatic rings. The molecule has 84 heavy (non-hydrogen) atoms. The van der Waals surface area contributed by atoms with E-state index in [1.54, 1.807) is 38.5 Å². The number of aliphatic hydroxyl groups excluding tert-OH is 1. The fraction of sp³-hybridized carbons (Fsp3) is 0.153. The molecule has 8 N–H and O–H groups in total. The molecule has 25 heteroatoms. The minimum Gasteiger partial charge on any atom is -0.510 e. The highest BCUT2D eigenvalue weighted by molar-refractivity contribution is 9.10. The van der Waals surface area contributed by atoms with E-state index in [0.29, 0.717) is 38.4 Å². The van der Waals surface area contributed by atoms with Crippen molar-refractivity contribution in [2.75, 3.05) is 7.15 Å². The second-order valence-electron chi connectivity index (χ2n) is 19.2. The van der Waals surface area contributed by atoms with Crippen molar-refractivity contribution in [3.63, 3.8) is 0 Å². The van der Waals surface area contributed by atoms with E-state index >= 15 is 0 Å². The fourth-order valence-electron chi connectivity index (χ4n) is 9.62. The monoisotopic (exact) mass is 1280 g/mol. The summed E-state index contributed by atoms with van der Waals surface area (Å²) in [5.41, 5.74) is 19.5. The van der Waals surface area contributed by atoms with Gasteiger partial charge in [0, 0.05) is 106 Å². The Bertz CT molecular complexity index is 4630. The Hall–Kier alpha value is -8.59. The highest BCUT2D eigenvalue weighted by atomic mass is 79.9. The lowest BCUT2D eigenvalue weighted by molar-refractivity contribution is 0.0949. The molecular weight excluding hydrogens is 1230 g/mol. The van der Waals surface area contributed by atoms with Gasteiger partial charge in [-0.05, 0) is 200 Å². The number of hydrogen-bond acceptors (Lipinski definition) is 12. The third-order valence-corrected chi connectivity index (χ3v) is 13.5. The molecule has 0 unspecified atom stereocenters. The van der Waals surface area contributed by atoms with Gasteiger partial charge in [0.1, 0.15) is 5.76 Å². The van der Waals surface area contributed by atoms with Crippen molar-refractivity contribution >= 4 is 168 Å². The molecule has 0 saturated carbocycles. The molecule has 6 aromatic heterocycles. The minimum absolute atomic E-state index is 0.0219. The number of ketones is 2. The van der Waals surface area contributed by atoms with Crippen molar-refractivity contribution in [3.05, 3.63) is 179 Å². The molecule has 0 saturated heterocycles. The van der Waals surface area contributed by atoms with E-state index in [0.717, 1.165) is 110 Å². The summed E-state index contributed by atoms with van der Waals surface area (Å²) in [4.78, 5) is 84.5. The maximum Gasteiger partial charge on any atom is 0.339 e. The number of hydrazone groups is 2. The molecule has 8 heterocycles. The normalized spacial score (nSPS) is 12.5. The third-order valence-electron chi connectivity index (χ3n) is 12.9. The van der Waals surface area contributed by atoms with Gasteiger partial charge in [0.05, 0.1) is 53.6 Å². The topological polar surface area (TPSA) is 293 Å². The first-order valence-electron chi connectivity index (χ1n) is 25.7. The van der Waals surface area contributed by atoms with Gasteiger partial charge in [-0.25, -0.2) is 10.9 Å². The molecule has 0 radical (unpaired) electrons. The number of rotatable bonds is 3. The van der Waals surface area contributed by atoms with Crippen LogP contribution in [0.3, 0.4) is 0 Å². The summed E-state index contributed by atoms with van der Waals surface area (Å²) >= 11 is 17.3. The first-order valence-corrected chi connectivity index (χ1v) is 30.2. The number of amides is 2. The summed E-state index contributed by atoms with van der Waals surface area (Å²) in [6.45, 7) is 14.5. The van der Waals surface area contributed by atoms with Gasteiger partial charge in [0.2, 0.25) is 0 Å². The number of aryl methyl sites for hydroxylation is 5. The van der Waals surface area contributed by atoms with Gasteiger partial charge in [-0.1, -0.05) is 0 Å². The molecule has 19 nitrogen and oxygen atoms in total. The van der Waals surface area contributed by atoms with E-state index in [9.17, 15) is 42.8 Å². The summed E-state index contributed by atoms with van der Waals surface area (Å²) in [6, 6.07) is 21.2. The fourth-order valence-corrected chi connectivity index (χ4v) is 10.1. The first-order chi connectivity index (χ1) is 40.2. The maximum absolute atomic E-state index is 11.9. The number of alkyl halides is 1. The van der Waals surface area contributed by atoms with Crippen LogP contribution in [0, 0.1) is 34.6 Å². The van der Waals surface area contributed by atoms with Gasteiger partial charge < -0.3 is 30.0 Å². The van der Waals surface area contributed by atoms with Crippen LogP contribution < -0.4 is 21.8 Å². The Morgan fingerprint density at radius 1 is 0.655 bits per heavy atom. The maximum atomic E-state index is 11.9. The predicted octanol–water partition coefficient (Wildman–Crippen LogP) is 13.6. The van der Waals surface area contributed by atoms with Crippen LogP contribution in [0.2, 0.25) is 0 Å². The quantitative estimate of drug-likeness (QED) is 0.0470. The van der Waals surface area contributed by atoms with Crippen LogP contribution in [0.15, 0.2) is 111 Å². The van der Waals surface area contributed by atoms with Crippen molar-refractivity contribution in [1.82, 2.24) is 46.0 Å². The number of hydrogen-bond donors (Lipinski definition) is 8. The first kappa shape index (κ1) is 61.5. The number of nitrogens with zero attached hydrogens (tertiary/aromatic N) is 4. The smallest absolute Gasteiger partial charge is 0.339 e. The van der Waals surface area contributed by atoms with E-state index in [1.165, 1.54) is 13.1 Å². The number of aromatic amines is 5. The van der Waals surface area contributed by atoms with Crippen molar-refractivity contribution in [1.29, 1.82) is 0 Å². The number of halogens is 5. The summed E-state index contributed by atoms with van der Waals surface area (Å²) in [5.74, 6) is -0.0706. The number of aldehydes is 1. The molecule has 2 aliphatic heterocycles. The number of fused-ring (bicyclic) bond motifs is 2. The number of carbonyl (C=O) groups excluding carboxylic acids is 5. The number of aliphatic hydroxyl groups is 1. The molecule has 2 amide bonds. The van der Waals surface area contributed by atoms with Crippen molar-refractivity contribution in [2.45, 2.75) is 55.4 Å². The van der Waals surface area contributed by atoms with E-state index in [2.05, 4.69) is 106 Å². The van der Waals surface area contributed by atoms with Gasteiger partial charge in [-0.3, -0.25) is 37.7 Å². The van der Waals surface area contributed by atoms with Crippen LogP contribution in [0.4, 0.5) is 4.39 Å². The average Bonchev–Trinajstić information content (AvgIpc) is 2.23. The second kappa shape index (κ2) is 26.8. The molecule has 432 valence electrons. The van der Waals surface area contributed by atoms with Crippen molar-refractivity contribution in [3.8, 4) is 0 Å². The lowest BCUT2D eigenvalue weighted by atomic mass is 10.0. The molecular formula is C59H53BrCl3FN11O8P. The summed E-state index contributed by atoms with van der Waals surface area (Å²) in [6.07, 6.45) is 10.9. The zero-order chi connectivity index (χ0) is 62.2. The van der Waals surface area contributed by atoms with E-state index in [-0.39, 0.29) is 34.7 Å². The SMILES string of the molecule is CC(=O)c1cc(C)cc2[nH]cc(C=O)c12.CC(=O)c1cc(C)cc2[nH]ccc12.CC(O)=c1[nH]c2cc(C)cc3c(=O)nncc1c23.Cc1cc2c3c(c(Br)[nH]c3c1)C=NNC2=O.Cc1cc2c3c(c[nH]c3c1)C=NNC2=O.O=P(Cl)(Cl)Cl.[2H]CF. The predicted molar refractivity (Wildman–Crippen MR) is 337 cm³/mol. The summed E-state index contributed by atoms with van der Waals surface area (Å²) in [7, 11) is -1.00. The molecule has 0 atom stereocenters. The lowest BCUT2D eigenvalue weighted by Gasteiger charge is -2.02. The summed E-state index contributed by atoms with van der Waals surface area (Å²) < 4.78 is 25.9. The van der Waals surface area contributed by atoms with Crippen LogP contribution in [-0.2, 0) is 4.57 Å². The Kier molecular flexibility index (Phi) is 19.6. The van der Waals surface area contributed by atoms with Gasteiger partial charge >= 0.3 is 5.20 Å². The molecule has 5 aromatic carbocycles. The van der Waals surface area contributed by atoms with Crippen LogP contribution >= 0.6 is 54.9 Å². The van der Waals surface area contributed by atoms with E-state index in [1.807, 2.05) is 108 Å². The molecule has 2 aliphatic rings. The highest BCUT2D eigenvalue weighted by Gasteiger charge is 2.21. The number of nitrogens with one attached hydrogen (secondary N) is 7. The molecule has 0 aliphatic carbocycles. The number of aromatic nitrogens is 7. The molecule has 0 spiro atoms. The number of H-pyrrole nitrogens is 5. The van der Waals surface area contributed by atoms with Crippen molar-refractivity contribution in [2.24, 2.45) is 10.2 Å². The second-order valence-corrected chi connectivity index (χ2v) is 26.6. The summed E-state index contributed by atoms with van der Waals surface area (Å²) in [5, 5.41) is 27.7. The number of benzene rings is 5. The zero-order valence-electron chi connectivity index (χ0n) is 47.0. The highest BCUT2D eigenvalue weighted by Crippen LogP contribution is 2.61. The Morgan fingerprint density at radius 3 is 1.76 bits per heavy atom. The van der Waals surface area contributed by atoms with E-state index < -0.39 is 12.4 Å². The Balaban J connectivity index is 0.000000148. The average molecular weight is 1280 g/mol. The van der Waals surface area contributed by atoms with Crippen LogP contribution in [0.25, 0.3) is 71.0 Å².